The van der Waals surface area contributed by atoms with E-state index < -0.39 is 26.0 Å². The van der Waals surface area contributed by atoms with E-state index in [-0.39, 0.29) is 23.9 Å². The van der Waals surface area contributed by atoms with Gasteiger partial charge in [0.1, 0.15) is 5.75 Å². The number of sulfonamides is 2. The van der Waals surface area contributed by atoms with E-state index in [4.69, 9.17) is 4.74 Å². The molecular formula is C17H27N3O6S2. The van der Waals surface area contributed by atoms with E-state index in [0.29, 0.717) is 37.2 Å². The van der Waals surface area contributed by atoms with Crippen LogP contribution in [0.25, 0.3) is 0 Å². The van der Waals surface area contributed by atoms with Crippen LogP contribution in [-0.2, 0) is 24.8 Å². The van der Waals surface area contributed by atoms with Crippen molar-refractivity contribution in [2.45, 2.75) is 26.2 Å². The van der Waals surface area contributed by atoms with E-state index in [1.165, 1.54) is 17.5 Å². The molecule has 28 heavy (non-hydrogen) atoms. The highest BCUT2D eigenvalue weighted by Crippen LogP contribution is 2.29. The monoisotopic (exact) mass is 433 g/mol. The van der Waals surface area contributed by atoms with E-state index in [1.54, 1.807) is 19.1 Å². The zero-order chi connectivity index (χ0) is 20.9. The maximum atomic E-state index is 12.6. The number of methoxy groups -OCH3 is 1. The largest absolute Gasteiger partial charge is 0.495 e. The second-order valence-electron chi connectivity index (χ2n) is 6.79. The van der Waals surface area contributed by atoms with E-state index >= 15 is 0 Å². The molecule has 2 rings (SSSR count). The number of amides is 1. The van der Waals surface area contributed by atoms with E-state index in [2.05, 4.69) is 10.0 Å². The summed E-state index contributed by atoms with van der Waals surface area (Å²) in [6.45, 7) is 2.38. The summed E-state index contributed by atoms with van der Waals surface area (Å²) in [4.78, 5) is 12.6. The summed E-state index contributed by atoms with van der Waals surface area (Å²) in [6, 6.07) is 4.60. The Balaban J connectivity index is 2.13. The Bertz CT molecular complexity index is 915. The highest BCUT2D eigenvalue weighted by atomic mass is 32.2. The first-order valence-corrected chi connectivity index (χ1v) is 12.5. The number of hydrogen-bond acceptors (Lipinski definition) is 6. The Morgan fingerprint density at radius 2 is 2.00 bits per heavy atom. The van der Waals surface area contributed by atoms with Gasteiger partial charge in [-0.1, -0.05) is 6.92 Å². The van der Waals surface area contributed by atoms with Gasteiger partial charge in [0, 0.05) is 18.8 Å². The maximum absolute atomic E-state index is 12.6. The molecule has 9 nitrogen and oxygen atoms in total. The highest BCUT2D eigenvalue weighted by molar-refractivity contribution is 7.92. The molecule has 158 valence electrons. The molecule has 1 amide bonds. The van der Waals surface area contributed by atoms with E-state index in [9.17, 15) is 21.6 Å². The predicted octanol–water partition coefficient (Wildman–Crippen LogP) is 1.46. The lowest BCUT2D eigenvalue weighted by atomic mass is 9.98. The average Bonchev–Trinajstić information content (AvgIpc) is 2.60. The number of nitrogens with one attached hydrogen (secondary N) is 2. The van der Waals surface area contributed by atoms with Gasteiger partial charge in [-0.15, -0.1) is 0 Å². The van der Waals surface area contributed by atoms with Crippen molar-refractivity contribution in [3.63, 3.8) is 0 Å². The van der Waals surface area contributed by atoms with Crippen molar-refractivity contribution in [3.05, 3.63) is 18.2 Å². The normalized spacial score (nSPS) is 18.5. The fraction of sp³-hybridized carbons (Fsp3) is 0.588. The third-order valence-electron chi connectivity index (χ3n) is 4.37. The SMILES string of the molecule is CCCS(=O)(=O)N1CCCC(C(=O)Nc2ccc(OC)c(NS(C)(=O)=O)c2)C1. The Morgan fingerprint density at radius 1 is 1.29 bits per heavy atom. The minimum absolute atomic E-state index is 0.0698. The van der Waals surface area contributed by atoms with E-state index in [1.807, 2.05) is 0 Å². The number of carbonyl (C=O) groups is 1. The molecule has 1 saturated heterocycles. The van der Waals surface area contributed by atoms with Crippen LogP contribution in [0.2, 0.25) is 0 Å². The topological polar surface area (TPSA) is 122 Å². The molecule has 0 spiro atoms. The first-order chi connectivity index (χ1) is 13.1. The number of piperidine rings is 1. The lowest BCUT2D eigenvalue weighted by Crippen LogP contribution is -2.44. The molecule has 0 aliphatic carbocycles. The molecule has 1 atom stereocenters. The summed E-state index contributed by atoms with van der Waals surface area (Å²) in [6.07, 6.45) is 2.75. The van der Waals surface area contributed by atoms with Gasteiger partial charge >= 0.3 is 0 Å². The number of nitrogens with zero attached hydrogens (tertiary/aromatic N) is 1. The molecule has 1 aliphatic rings. The standard InChI is InChI=1S/C17H27N3O6S2/c1-4-10-28(24,25)20-9-5-6-13(12-20)17(21)18-14-7-8-16(26-2)15(11-14)19-27(3,22)23/h7-8,11,13,19H,4-6,9-10,12H2,1-3H3,(H,18,21). The lowest BCUT2D eigenvalue weighted by Gasteiger charge is -2.31. The van der Waals surface area contributed by atoms with Crippen LogP contribution < -0.4 is 14.8 Å². The van der Waals surface area contributed by atoms with Gasteiger partial charge in [0.05, 0.1) is 30.7 Å². The fourth-order valence-corrected chi connectivity index (χ4v) is 5.25. The van der Waals surface area contributed by atoms with Gasteiger partial charge in [-0.2, -0.15) is 0 Å². The van der Waals surface area contributed by atoms with Crippen LogP contribution in [0.15, 0.2) is 18.2 Å². The van der Waals surface area contributed by atoms with Crippen molar-refractivity contribution < 1.29 is 26.4 Å². The molecule has 0 radical (unpaired) electrons. The summed E-state index contributed by atoms with van der Waals surface area (Å²) >= 11 is 0. The molecule has 0 saturated carbocycles. The van der Waals surface area contributed by atoms with Crippen molar-refractivity contribution in [1.82, 2.24) is 4.31 Å². The van der Waals surface area contributed by atoms with Crippen LogP contribution in [0.3, 0.4) is 0 Å². The Morgan fingerprint density at radius 3 is 2.61 bits per heavy atom. The zero-order valence-corrected chi connectivity index (χ0v) is 17.9. The van der Waals surface area contributed by atoms with Gasteiger partial charge < -0.3 is 10.1 Å². The fourth-order valence-electron chi connectivity index (χ4n) is 3.11. The van der Waals surface area contributed by atoms with Crippen molar-refractivity contribution >= 4 is 37.3 Å². The average molecular weight is 434 g/mol. The number of hydrogen-bond donors (Lipinski definition) is 2. The summed E-state index contributed by atoms with van der Waals surface area (Å²) in [5.74, 6) is -0.376. The Kier molecular flexibility index (Phi) is 7.29. The molecule has 1 heterocycles. The molecule has 1 aliphatic heterocycles. The summed E-state index contributed by atoms with van der Waals surface area (Å²) in [5.41, 5.74) is 0.601. The Hall–Kier alpha value is -1.85. The maximum Gasteiger partial charge on any atom is 0.229 e. The van der Waals surface area contributed by atoms with Crippen LogP contribution in [0.1, 0.15) is 26.2 Å². The van der Waals surface area contributed by atoms with Crippen molar-refractivity contribution in [1.29, 1.82) is 0 Å². The van der Waals surface area contributed by atoms with Crippen molar-refractivity contribution in [2.24, 2.45) is 5.92 Å². The predicted molar refractivity (Wildman–Crippen MR) is 108 cm³/mol. The lowest BCUT2D eigenvalue weighted by molar-refractivity contribution is -0.120. The molecule has 0 aromatic heterocycles. The summed E-state index contributed by atoms with van der Waals surface area (Å²) in [7, 11) is -5.46. The van der Waals surface area contributed by atoms with Gasteiger partial charge in [0.2, 0.25) is 26.0 Å². The molecular weight excluding hydrogens is 406 g/mol. The molecule has 11 heteroatoms. The highest BCUT2D eigenvalue weighted by Gasteiger charge is 2.31. The number of benzene rings is 1. The first-order valence-electron chi connectivity index (χ1n) is 9.00. The van der Waals surface area contributed by atoms with Gasteiger partial charge in [0.15, 0.2) is 0 Å². The van der Waals surface area contributed by atoms with Crippen LogP contribution in [0.4, 0.5) is 11.4 Å². The second-order valence-corrected chi connectivity index (χ2v) is 10.6. The zero-order valence-electron chi connectivity index (χ0n) is 16.3. The van der Waals surface area contributed by atoms with Gasteiger partial charge in [-0.25, -0.2) is 21.1 Å². The minimum atomic E-state index is -3.52. The molecule has 0 bridgehead atoms. The van der Waals surface area contributed by atoms with Crippen LogP contribution >= 0.6 is 0 Å². The molecule has 1 aromatic rings. The number of ether oxygens (including phenoxy) is 1. The van der Waals surface area contributed by atoms with Crippen LogP contribution in [0, 0.1) is 5.92 Å². The summed E-state index contributed by atoms with van der Waals surface area (Å²) in [5, 5.41) is 2.74. The molecule has 1 aromatic carbocycles. The van der Waals surface area contributed by atoms with Crippen molar-refractivity contribution in [3.8, 4) is 5.75 Å². The van der Waals surface area contributed by atoms with Gasteiger partial charge in [0.25, 0.3) is 0 Å². The number of anilines is 2. The third-order valence-corrected chi connectivity index (χ3v) is 7.01. The number of carbonyl (C=O) groups excluding carboxylic acids is 1. The van der Waals surface area contributed by atoms with Crippen LogP contribution in [-0.4, -0.2) is 59.3 Å². The van der Waals surface area contributed by atoms with E-state index in [0.717, 1.165) is 6.26 Å². The second kappa shape index (κ2) is 9.10. The molecule has 1 unspecified atom stereocenters. The van der Waals surface area contributed by atoms with Crippen LogP contribution in [0.5, 0.6) is 5.75 Å². The third kappa shape index (κ3) is 6.08. The molecule has 1 fully saturated rings. The van der Waals surface area contributed by atoms with Gasteiger partial charge in [-0.05, 0) is 37.5 Å². The Labute approximate surface area is 166 Å². The molecule has 2 N–H and O–H groups in total. The smallest absolute Gasteiger partial charge is 0.229 e. The first kappa shape index (κ1) is 22.4. The van der Waals surface area contributed by atoms with Gasteiger partial charge in [-0.3, -0.25) is 9.52 Å². The quantitative estimate of drug-likeness (QED) is 0.640. The summed E-state index contributed by atoms with van der Waals surface area (Å²) < 4.78 is 56.4. The number of rotatable bonds is 8. The minimum Gasteiger partial charge on any atom is -0.495 e. The van der Waals surface area contributed by atoms with Crippen molar-refractivity contribution in [2.75, 3.05) is 42.2 Å².